The standard InChI is InChI=1S/C12H13N3O2S/c1-9-4-3-5-10(14-9)11(16)15(8-17-2)12-13-6-7-18-12/h3-7H,8H2,1-2H3. The van der Waals surface area contributed by atoms with Crippen LogP contribution in [0.1, 0.15) is 16.2 Å². The highest BCUT2D eigenvalue weighted by Crippen LogP contribution is 2.19. The largest absolute Gasteiger partial charge is 0.364 e. The van der Waals surface area contributed by atoms with Gasteiger partial charge in [0.25, 0.3) is 5.91 Å². The molecule has 5 nitrogen and oxygen atoms in total. The van der Waals surface area contributed by atoms with Crippen LogP contribution in [0.5, 0.6) is 0 Å². The minimum absolute atomic E-state index is 0.155. The first-order valence-corrected chi connectivity index (χ1v) is 6.24. The first-order chi connectivity index (χ1) is 8.72. The van der Waals surface area contributed by atoms with Crippen molar-refractivity contribution in [1.29, 1.82) is 0 Å². The molecular weight excluding hydrogens is 250 g/mol. The zero-order valence-electron chi connectivity index (χ0n) is 10.2. The highest BCUT2D eigenvalue weighted by Gasteiger charge is 2.20. The number of methoxy groups -OCH3 is 1. The Kier molecular flexibility index (Phi) is 4.01. The van der Waals surface area contributed by atoms with E-state index in [4.69, 9.17) is 4.74 Å². The van der Waals surface area contributed by atoms with E-state index in [9.17, 15) is 4.79 Å². The minimum Gasteiger partial charge on any atom is -0.364 e. The fourth-order valence-corrected chi connectivity index (χ4v) is 2.11. The normalized spacial score (nSPS) is 10.3. The van der Waals surface area contributed by atoms with E-state index in [1.54, 1.807) is 12.3 Å². The Bertz CT molecular complexity index is 528. The van der Waals surface area contributed by atoms with Crippen LogP contribution in [0.4, 0.5) is 5.13 Å². The van der Waals surface area contributed by atoms with E-state index in [-0.39, 0.29) is 12.6 Å². The van der Waals surface area contributed by atoms with Crippen LogP contribution in [0.2, 0.25) is 0 Å². The average Bonchev–Trinajstić information content (AvgIpc) is 2.89. The molecule has 2 rings (SSSR count). The van der Waals surface area contributed by atoms with Crippen LogP contribution >= 0.6 is 11.3 Å². The molecule has 0 N–H and O–H groups in total. The number of hydrogen-bond acceptors (Lipinski definition) is 5. The molecule has 0 aliphatic carbocycles. The maximum absolute atomic E-state index is 12.3. The number of carbonyl (C=O) groups excluding carboxylic acids is 1. The quantitative estimate of drug-likeness (QED) is 0.793. The Morgan fingerprint density at radius 1 is 1.50 bits per heavy atom. The molecule has 0 aromatic carbocycles. The SMILES string of the molecule is COCN(C(=O)c1cccc(C)n1)c1nccs1. The molecule has 0 saturated carbocycles. The molecule has 0 fully saturated rings. The Hall–Kier alpha value is -1.79. The number of pyridine rings is 1. The van der Waals surface area contributed by atoms with Crippen LogP contribution in [0.3, 0.4) is 0 Å². The van der Waals surface area contributed by atoms with E-state index in [0.717, 1.165) is 5.69 Å². The smallest absolute Gasteiger partial charge is 0.280 e. The molecule has 0 saturated heterocycles. The zero-order chi connectivity index (χ0) is 13.0. The number of anilines is 1. The third-order valence-electron chi connectivity index (χ3n) is 2.26. The summed E-state index contributed by atoms with van der Waals surface area (Å²) in [6.45, 7) is 2.00. The molecule has 0 unspecified atom stereocenters. The van der Waals surface area contributed by atoms with Gasteiger partial charge in [-0.05, 0) is 19.1 Å². The highest BCUT2D eigenvalue weighted by atomic mass is 32.1. The van der Waals surface area contributed by atoms with Crippen molar-refractivity contribution >= 4 is 22.4 Å². The van der Waals surface area contributed by atoms with Crippen LogP contribution in [-0.2, 0) is 4.74 Å². The zero-order valence-corrected chi connectivity index (χ0v) is 11.0. The maximum atomic E-state index is 12.3. The number of hydrogen-bond donors (Lipinski definition) is 0. The number of carbonyl (C=O) groups is 1. The second-order valence-electron chi connectivity index (χ2n) is 3.63. The summed E-state index contributed by atoms with van der Waals surface area (Å²) >= 11 is 1.38. The molecule has 18 heavy (non-hydrogen) atoms. The fraction of sp³-hybridized carbons (Fsp3) is 0.250. The molecule has 1 amide bonds. The topological polar surface area (TPSA) is 55.3 Å². The van der Waals surface area contributed by atoms with Crippen molar-refractivity contribution in [2.45, 2.75) is 6.92 Å². The minimum atomic E-state index is -0.212. The van der Waals surface area contributed by atoms with Crippen LogP contribution in [-0.4, -0.2) is 29.7 Å². The third kappa shape index (κ3) is 2.72. The van der Waals surface area contributed by atoms with Gasteiger partial charge in [0, 0.05) is 24.4 Å². The maximum Gasteiger partial charge on any atom is 0.280 e. The summed E-state index contributed by atoms with van der Waals surface area (Å²) in [7, 11) is 1.54. The first-order valence-electron chi connectivity index (χ1n) is 5.36. The summed E-state index contributed by atoms with van der Waals surface area (Å²) < 4.78 is 5.04. The van der Waals surface area contributed by atoms with E-state index in [2.05, 4.69) is 9.97 Å². The van der Waals surface area contributed by atoms with Crippen molar-refractivity contribution in [3.63, 3.8) is 0 Å². The van der Waals surface area contributed by atoms with Gasteiger partial charge in [0.15, 0.2) is 5.13 Å². The number of thiazole rings is 1. The van der Waals surface area contributed by atoms with Gasteiger partial charge < -0.3 is 4.74 Å². The monoisotopic (exact) mass is 263 g/mol. The molecular formula is C12H13N3O2S. The number of aromatic nitrogens is 2. The second kappa shape index (κ2) is 5.70. The molecule has 2 heterocycles. The average molecular weight is 263 g/mol. The summed E-state index contributed by atoms with van der Waals surface area (Å²) in [6.07, 6.45) is 1.65. The predicted octanol–water partition coefficient (Wildman–Crippen LogP) is 2.10. The van der Waals surface area contributed by atoms with Gasteiger partial charge in [0.05, 0.1) is 0 Å². The van der Waals surface area contributed by atoms with Crippen molar-refractivity contribution in [1.82, 2.24) is 9.97 Å². The Morgan fingerprint density at radius 3 is 2.94 bits per heavy atom. The van der Waals surface area contributed by atoms with E-state index in [0.29, 0.717) is 10.8 Å². The predicted molar refractivity (Wildman–Crippen MR) is 69.8 cm³/mol. The van der Waals surface area contributed by atoms with Gasteiger partial charge in [-0.2, -0.15) is 0 Å². The Morgan fingerprint density at radius 2 is 2.33 bits per heavy atom. The van der Waals surface area contributed by atoms with Crippen molar-refractivity contribution in [2.24, 2.45) is 0 Å². The van der Waals surface area contributed by atoms with Gasteiger partial charge in [0.2, 0.25) is 0 Å². The lowest BCUT2D eigenvalue weighted by Crippen LogP contribution is -2.33. The lowest BCUT2D eigenvalue weighted by atomic mass is 10.3. The second-order valence-corrected chi connectivity index (χ2v) is 4.50. The lowest BCUT2D eigenvalue weighted by Gasteiger charge is -2.18. The van der Waals surface area contributed by atoms with E-state index < -0.39 is 0 Å². The number of rotatable bonds is 4. The van der Waals surface area contributed by atoms with Crippen molar-refractivity contribution in [3.05, 3.63) is 41.2 Å². The molecule has 0 spiro atoms. The molecule has 0 radical (unpaired) electrons. The molecule has 0 aliphatic rings. The molecule has 94 valence electrons. The van der Waals surface area contributed by atoms with Crippen LogP contribution in [0.15, 0.2) is 29.8 Å². The summed E-state index contributed by atoms with van der Waals surface area (Å²) in [5.41, 5.74) is 1.19. The van der Waals surface area contributed by atoms with Crippen LogP contribution in [0.25, 0.3) is 0 Å². The lowest BCUT2D eigenvalue weighted by molar-refractivity contribution is 0.0931. The number of ether oxygens (including phenoxy) is 1. The molecule has 0 bridgehead atoms. The van der Waals surface area contributed by atoms with E-state index >= 15 is 0 Å². The number of aryl methyl sites for hydroxylation is 1. The van der Waals surface area contributed by atoms with Crippen LogP contribution in [0, 0.1) is 6.92 Å². The van der Waals surface area contributed by atoms with Crippen molar-refractivity contribution < 1.29 is 9.53 Å². The summed E-state index contributed by atoms with van der Waals surface area (Å²) in [5.74, 6) is -0.212. The molecule has 0 aliphatic heterocycles. The summed E-state index contributed by atoms with van der Waals surface area (Å²) in [5, 5.41) is 2.42. The van der Waals surface area contributed by atoms with Crippen LogP contribution < -0.4 is 4.90 Å². The molecule has 2 aromatic heterocycles. The Balaban J connectivity index is 2.29. The van der Waals surface area contributed by atoms with Gasteiger partial charge >= 0.3 is 0 Å². The van der Waals surface area contributed by atoms with Crippen molar-refractivity contribution in [2.75, 3.05) is 18.7 Å². The van der Waals surface area contributed by atoms with Gasteiger partial charge in [-0.3, -0.25) is 9.69 Å². The summed E-state index contributed by atoms with van der Waals surface area (Å²) in [4.78, 5) is 22.1. The highest BCUT2D eigenvalue weighted by molar-refractivity contribution is 7.13. The number of nitrogens with zero attached hydrogens (tertiary/aromatic N) is 3. The van der Waals surface area contributed by atoms with Crippen molar-refractivity contribution in [3.8, 4) is 0 Å². The molecule has 6 heteroatoms. The molecule has 0 atom stereocenters. The molecule has 2 aromatic rings. The van der Waals surface area contributed by atoms with Gasteiger partial charge in [-0.25, -0.2) is 9.97 Å². The number of amides is 1. The fourth-order valence-electron chi connectivity index (χ4n) is 1.48. The van der Waals surface area contributed by atoms with E-state index in [1.165, 1.54) is 23.3 Å². The Labute approximate surface area is 109 Å². The van der Waals surface area contributed by atoms with Gasteiger partial charge in [-0.1, -0.05) is 6.07 Å². The van der Waals surface area contributed by atoms with Gasteiger partial charge in [-0.15, -0.1) is 11.3 Å². The third-order valence-corrected chi connectivity index (χ3v) is 3.06. The van der Waals surface area contributed by atoms with E-state index in [1.807, 2.05) is 24.4 Å². The summed E-state index contributed by atoms with van der Waals surface area (Å²) in [6, 6.07) is 5.34. The van der Waals surface area contributed by atoms with Gasteiger partial charge in [0.1, 0.15) is 12.4 Å². The first kappa shape index (κ1) is 12.7.